The van der Waals surface area contributed by atoms with Crippen molar-refractivity contribution in [2.75, 3.05) is 19.5 Å². The van der Waals surface area contributed by atoms with Crippen molar-refractivity contribution in [3.05, 3.63) is 11.3 Å². The van der Waals surface area contributed by atoms with E-state index in [9.17, 15) is 4.79 Å². The molecule has 0 aromatic carbocycles. The molecule has 1 aromatic heterocycles. The number of hydrogen-bond acceptors (Lipinski definition) is 4. The summed E-state index contributed by atoms with van der Waals surface area (Å²) >= 11 is 1.50. The first-order valence-corrected chi connectivity index (χ1v) is 5.95. The molecule has 1 aromatic rings. The van der Waals surface area contributed by atoms with Crippen LogP contribution in [0.25, 0.3) is 0 Å². The van der Waals surface area contributed by atoms with Crippen LogP contribution in [0, 0.1) is 6.92 Å². The summed E-state index contributed by atoms with van der Waals surface area (Å²) in [5.74, 6) is -0.0903. The van der Waals surface area contributed by atoms with Gasteiger partial charge in [-0.3, -0.25) is 4.68 Å². The molecular formula is C10H16N2O3S. The van der Waals surface area contributed by atoms with Crippen LogP contribution in [0.2, 0.25) is 0 Å². The van der Waals surface area contributed by atoms with Crippen molar-refractivity contribution in [1.29, 1.82) is 0 Å². The van der Waals surface area contributed by atoms with Gasteiger partial charge >= 0.3 is 5.97 Å². The van der Waals surface area contributed by atoms with Crippen molar-refractivity contribution in [2.45, 2.75) is 18.4 Å². The van der Waals surface area contributed by atoms with E-state index in [2.05, 4.69) is 5.10 Å². The number of carbonyl (C=O) groups is 1. The molecule has 0 bridgehead atoms. The van der Waals surface area contributed by atoms with E-state index >= 15 is 0 Å². The number of aromatic nitrogens is 2. The molecule has 1 N–H and O–H groups in total. The van der Waals surface area contributed by atoms with E-state index < -0.39 is 5.97 Å². The van der Waals surface area contributed by atoms with E-state index in [1.165, 1.54) is 11.8 Å². The standard InChI is InChI=1S/C10H16N2O3S/c1-7-8(10(13)14)9(12(2)11-7)16-6-4-5-15-3/h4-6H2,1-3H3,(H,13,14). The average molecular weight is 244 g/mol. The molecule has 0 amide bonds. The highest BCUT2D eigenvalue weighted by atomic mass is 32.2. The zero-order valence-corrected chi connectivity index (χ0v) is 10.5. The second kappa shape index (κ2) is 5.91. The highest BCUT2D eigenvalue weighted by Gasteiger charge is 2.19. The third-order valence-corrected chi connectivity index (χ3v) is 3.35. The van der Waals surface area contributed by atoms with Crippen LogP contribution in [0.15, 0.2) is 5.03 Å². The van der Waals surface area contributed by atoms with Gasteiger partial charge in [0.2, 0.25) is 0 Å². The Labute approximate surface area is 98.8 Å². The molecule has 0 spiro atoms. The third-order valence-electron chi connectivity index (χ3n) is 2.12. The van der Waals surface area contributed by atoms with E-state index in [0.717, 1.165) is 12.2 Å². The van der Waals surface area contributed by atoms with Crippen LogP contribution < -0.4 is 0 Å². The summed E-state index contributed by atoms with van der Waals surface area (Å²) in [6.07, 6.45) is 0.893. The minimum Gasteiger partial charge on any atom is -0.478 e. The maximum Gasteiger partial charge on any atom is 0.340 e. The van der Waals surface area contributed by atoms with Crippen LogP contribution in [0.3, 0.4) is 0 Å². The van der Waals surface area contributed by atoms with Gasteiger partial charge < -0.3 is 9.84 Å². The van der Waals surface area contributed by atoms with Gasteiger partial charge in [0.25, 0.3) is 0 Å². The lowest BCUT2D eigenvalue weighted by Gasteiger charge is -2.03. The lowest BCUT2D eigenvalue weighted by molar-refractivity contribution is 0.0692. The van der Waals surface area contributed by atoms with Crippen molar-refractivity contribution in [2.24, 2.45) is 7.05 Å². The van der Waals surface area contributed by atoms with Gasteiger partial charge in [-0.1, -0.05) is 0 Å². The second-order valence-corrected chi connectivity index (χ2v) is 4.47. The number of aryl methyl sites for hydroxylation is 2. The number of methoxy groups -OCH3 is 1. The van der Waals surface area contributed by atoms with Gasteiger partial charge in [0.15, 0.2) is 0 Å². The molecule has 90 valence electrons. The summed E-state index contributed by atoms with van der Waals surface area (Å²) in [6.45, 7) is 2.40. The van der Waals surface area contributed by atoms with Gasteiger partial charge in [0, 0.05) is 26.5 Å². The monoisotopic (exact) mass is 244 g/mol. The van der Waals surface area contributed by atoms with Crippen molar-refractivity contribution < 1.29 is 14.6 Å². The first-order valence-electron chi connectivity index (χ1n) is 4.96. The molecule has 0 aliphatic rings. The van der Waals surface area contributed by atoms with Crippen molar-refractivity contribution in [3.8, 4) is 0 Å². The number of hydrogen-bond donors (Lipinski definition) is 1. The smallest absolute Gasteiger partial charge is 0.340 e. The minimum absolute atomic E-state index is 0.310. The number of thioether (sulfide) groups is 1. The Morgan fingerprint density at radius 3 is 2.88 bits per heavy atom. The predicted molar refractivity (Wildman–Crippen MR) is 62.1 cm³/mol. The van der Waals surface area contributed by atoms with Gasteiger partial charge in [-0.2, -0.15) is 5.10 Å². The minimum atomic E-state index is -0.917. The fraction of sp³-hybridized carbons (Fsp3) is 0.600. The van der Waals surface area contributed by atoms with E-state index in [4.69, 9.17) is 9.84 Å². The van der Waals surface area contributed by atoms with Gasteiger partial charge in [-0.25, -0.2) is 4.79 Å². The quantitative estimate of drug-likeness (QED) is 0.607. The third kappa shape index (κ3) is 2.99. The molecule has 6 heteroatoms. The molecule has 16 heavy (non-hydrogen) atoms. The Morgan fingerprint density at radius 1 is 1.62 bits per heavy atom. The number of ether oxygens (including phenoxy) is 1. The Bertz CT molecular complexity index is 376. The zero-order valence-electron chi connectivity index (χ0n) is 9.69. The fourth-order valence-corrected chi connectivity index (χ4v) is 2.48. The fourth-order valence-electron chi connectivity index (χ4n) is 1.42. The van der Waals surface area contributed by atoms with Crippen LogP contribution in [-0.2, 0) is 11.8 Å². The summed E-state index contributed by atoms with van der Waals surface area (Å²) in [4.78, 5) is 11.1. The molecule has 5 nitrogen and oxygen atoms in total. The first-order chi connectivity index (χ1) is 7.57. The molecule has 0 saturated heterocycles. The normalized spacial score (nSPS) is 10.7. The van der Waals surface area contributed by atoms with E-state index in [1.54, 1.807) is 25.8 Å². The first kappa shape index (κ1) is 13.1. The molecule has 0 radical (unpaired) electrons. The Morgan fingerprint density at radius 2 is 2.31 bits per heavy atom. The Kier molecular flexibility index (Phi) is 4.82. The molecule has 0 saturated carbocycles. The average Bonchev–Trinajstić information content (AvgIpc) is 2.48. The lowest BCUT2D eigenvalue weighted by Crippen LogP contribution is -2.01. The van der Waals surface area contributed by atoms with Crippen molar-refractivity contribution in [1.82, 2.24) is 9.78 Å². The number of carboxylic acids is 1. The SMILES string of the molecule is COCCCSc1c(C(=O)O)c(C)nn1C. The summed E-state index contributed by atoms with van der Waals surface area (Å²) in [5.41, 5.74) is 0.870. The van der Waals surface area contributed by atoms with E-state index in [0.29, 0.717) is 22.9 Å². The van der Waals surface area contributed by atoms with Gasteiger partial charge in [0.1, 0.15) is 10.6 Å². The molecule has 0 aliphatic carbocycles. The second-order valence-electron chi connectivity index (χ2n) is 3.39. The highest BCUT2D eigenvalue weighted by molar-refractivity contribution is 7.99. The van der Waals surface area contributed by atoms with Crippen LogP contribution in [-0.4, -0.2) is 40.3 Å². The molecule has 0 aliphatic heterocycles. The van der Waals surface area contributed by atoms with E-state index in [-0.39, 0.29) is 0 Å². The molecule has 0 atom stereocenters. The maximum atomic E-state index is 11.1. The zero-order chi connectivity index (χ0) is 12.1. The van der Waals surface area contributed by atoms with Gasteiger partial charge in [-0.05, 0) is 13.3 Å². The Hall–Kier alpha value is -1.01. The van der Waals surface area contributed by atoms with Crippen LogP contribution in [0.4, 0.5) is 0 Å². The Balaban J connectivity index is 2.74. The van der Waals surface area contributed by atoms with Crippen LogP contribution >= 0.6 is 11.8 Å². The molecular weight excluding hydrogens is 228 g/mol. The lowest BCUT2D eigenvalue weighted by atomic mass is 10.3. The molecule has 1 heterocycles. The van der Waals surface area contributed by atoms with Gasteiger partial charge in [-0.15, -0.1) is 11.8 Å². The summed E-state index contributed by atoms with van der Waals surface area (Å²) in [7, 11) is 3.42. The number of rotatable bonds is 6. The van der Waals surface area contributed by atoms with Gasteiger partial charge in [0.05, 0.1) is 5.69 Å². The topological polar surface area (TPSA) is 64.3 Å². The number of nitrogens with zero attached hydrogens (tertiary/aromatic N) is 2. The number of aromatic carboxylic acids is 1. The van der Waals surface area contributed by atoms with Crippen molar-refractivity contribution >= 4 is 17.7 Å². The van der Waals surface area contributed by atoms with Crippen LogP contribution in [0.1, 0.15) is 22.5 Å². The highest BCUT2D eigenvalue weighted by Crippen LogP contribution is 2.25. The predicted octanol–water partition coefficient (Wildman–Crippen LogP) is 1.56. The molecule has 1 rings (SSSR count). The molecule has 0 fully saturated rings. The maximum absolute atomic E-state index is 11.1. The number of carboxylic acid groups (broad SMARTS) is 1. The summed E-state index contributed by atoms with van der Waals surface area (Å²) < 4.78 is 6.56. The largest absolute Gasteiger partial charge is 0.478 e. The van der Waals surface area contributed by atoms with E-state index in [1.807, 2.05) is 0 Å². The van der Waals surface area contributed by atoms with Crippen LogP contribution in [0.5, 0.6) is 0 Å². The molecule has 0 unspecified atom stereocenters. The van der Waals surface area contributed by atoms with Crippen molar-refractivity contribution in [3.63, 3.8) is 0 Å². The summed E-state index contributed by atoms with van der Waals surface area (Å²) in [6, 6.07) is 0. The summed E-state index contributed by atoms with van der Waals surface area (Å²) in [5, 5.41) is 13.9.